The first-order valence-corrected chi connectivity index (χ1v) is 5.72. The van der Waals surface area contributed by atoms with E-state index >= 15 is 0 Å². The summed E-state index contributed by atoms with van der Waals surface area (Å²) < 4.78 is 0. The molecule has 0 amide bonds. The first-order valence-electron chi connectivity index (χ1n) is 4.85. The second-order valence-electron chi connectivity index (χ2n) is 3.99. The molecule has 0 spiro atoms. The highest BCUT2D eigenvalue weighted by Crippen LogP contribution is 2.40. The number of aromatic nitrogens is 1. The zero-order valence-electron chi connectivity index (χ0n) is 8.29. The Bertz CT molecular complexity index is 276. The van der Waals surface area contributed by atoms with Crippen LogP contribution in [0.2, 0.25) is 0 Å². The third-order valence-electron chi connectivity index (χ3n) is 2.34. The molecular weight excluding hydrogens is 180 g/mol. The van der Waals surface area contributed by atoms with Crippen LogP contribution >= 0.6 is 11.3 Å². The van der Waals surface area contributed by atoms with Gasteiger partial charge in [0.1, 0.15) is 0 Å². The molecule has 3 heteroatoms. The van der Waals surface area contributed by atoms with Gasteiger partial charge >= 0.3 is 0 Å². The van der Waals surface area contributed by atoms with Gasteiger partial charge in [-0.3, -0.25) is 0 Å². The summed E-state index contributed by atoms with van der Waals surface area (Å²) >= 11 is 1.82. The summed E-state index contributed by atoms with van der Waals surface area (Å²) in [7, 11) is 4.21. The predicted octanol–water partition coefficient (Wildman–Crippen LogP) is 2.12. The van der Waals surface area contributed by atoms with Crippen LogP contribution in [0.4, 0.5) is 0 Å². The Hall–Kier alpha value is -0.410. The lowest BCUT2D eigenvalue weighted by atomic mass is 10.3. The van der Waals surface area contributed by atoms with E-state index in [1.807, 2.05) is 11.3 Å². The summed E-state index contributed by atoms with van der Waals surface area (Å²) in [4.78, 5) is 6.84. The maximum absolute atomic E-state index is 4.64. The summed E-state index contributed by atoms with van der Waals surface area (Å²) in [6, 6.07) is 0. The molecule has 0 atom stereocenters. The Morgan fingerprint density at radius 2 is 2.31 bits per heavy atom. The number of hydrogen-bond acceptors (Lipinski definition) is 3. The average molecular weight is 196 g/mol. The van der Waals surface area contributed by atoms with Crippen molar-refractivity contribution in [2.75, 3.05) is 20.6 Å². The largest absolute Gasteiger partial charge is 0.309 e. The van der Waals surface area contributed by atoms with E-state index in [2.05, 4.69) is 29.4 Å². The fourth-order valence-electron chi connectivity index (χ4n) is 1.33. The zero-order chi connectivity index (χ0) is 9.26. The Kier molecular flexibility index (Phi) is 2.65. The van der Waals surface area contributed by atoms with Crippen molar-refractivity contribution in [2.45, 2.75) is 25.2 Å². The lowest BCUT2D eigenvalue weighted by molar-refractivity contribution is 0.413. The fourth-order valence-corrected chi connectivity index (χ4v) is 2.19. The number of likely N-dealkylation sites (N-methyl/N-ethyl adjacent to an activating group) is 1. The van der Waals surface area contributed by atoms with E-state index in [0.717, 1.165) is 18.9 Å². The number of nitrogens with zero attached hydrogens (tertiary/aromatic N) is 2. The van der Waals surface area contributed by atoms with E-state index in [9.17, 15) is 0 Å². The van der Waals surface area contributed by atoms with E-state index in [1.54, 1.807) is 0 Å². The second-order valence-corrected chi connectivity index (χ2v) is 4.94. The summed E-state index contributed by atoms with van der Waals surface area (Å²) in [6.07, 6.45) is 3.82. The van der Waals surface area contributed by atoms with Crippen LogP contribution < -0.4 is 0 Å². The van der Waals surface area contributed by atoms with Gasteiger partial charge in [0.2, 0.25) is 0 Å². The van der Waals surface area contributed by atoms with Crippen LogP contribution in [0.5, 0.6) is 0 Å². The van der Waals surface area contributed by atoms with Gasteiger partial charge in [0.15, 0.2) is 0 Å². The van der Waals surface area contributed by atoms with Crippen LogP contribution in [-0.2, 0) is 6.42 Å². The maximum atomic E-state index is 4.64. The van der Waals surface area contributed by atoms with Crippen LogP contribution in [-0.4, -0.2) is 30.5 Å². The van der Waals surface area contributed by atoms with Crippen LogP contribution in [0.3, 0.4) is 0 Å². The minimum Gasteiger partial charge on any atom is -0.309 e. The van der Waals surface area contributed by atoms with Crippen molar-refractivity contribution in [3.8, 4) is 0 Å². The van der Waals surface area contributed by atoms with E-state index in [0.29, 0.717) is 0 Å². The Balaban J connectivity index is 1.89. The minimum atomic E-state index is 0.810. The molecule has 1 aliphatic rings. The Labute approximate surface area is 83.6 Å². The molecule has 1 heterocycles. The average Bonchev–Trinajstić information content (AvgIpc) is 2.83. The topological polar surface area (TPSA) is 16.1 Å². The fraction of sp³-hybridized carbons (Fsp3) is 0.700. The van der Waals surface area contributed by atoms with Gasteiger partial charge < -0.3 is 4.90 Å². The molecule has 0 N–H and O–H groups in total. The maximum Gasteiger partial charge on any atom is 0.0941 e. The first-order chi connectivity index (χ1) is 6.25. The van der Waals surface area contributed by atoms with Crippen LogP contribution in [0, 0.1) is 0 Å². The lowest BCUT2D eigenvalue weighted by Crippen LogP contribution is -2.14. The third-order valence-corrected chi connectivity index (χ3v) is 3.26. The highest BCUT2D eigenvalue weighted by atomic mass is 32.1. The molecule has 72 valence electrons. The number of rotatable bonds is 4. The van der Waals surface area contributed by atoms with E-state index in [-0.39, 0.29) is 0 Å². The first kappa shape index (κ1) is 9.16. The van der Waals surface area contributed by atoms with E-state index in [1.165, 1.54) is 23.5 Å². The molecule has 1 aromatic heterocycles. The Morgan fingerprint density at radius 1 is 1.54 bits per heavy atom. The SMILES string of the molecule is CN(C)CCc1nc(C2CC2)cs1. The molecule has 1 fully saturated rings. The predicted molar refractivity (Wildman–Crippen MR) is 56.3 cm³/mol. The molecule has 0 aliphatic heterocycles. The van der Waals surface area contributed by atoms with E-state index in [4.69, 9.17) is 0 Å². The highest BCUT2D eigenvalue weighted by molar-refractivity contribution is 7.09. The standard InChI is InChI=1S/C10H16N2S/c1-12(2)6-5-10-11-9(7-13-10)8-3-4-8/h7-8H,3-6H2,1-2H3. The molecular formula is C10H16N2S. The van der Waals surface area contributed by atoms with Gasteiger partial charge in [-0.05, 0) is 26.9 Å². The minimum absolute atomic E-state index is 0.810. The van der Waals surface area contributed by atoms with Crippen LogP contribution in [0.1, 0.15) is 29.5 Å². The molecule has 2 rings (SSSR count). The van der Waals surface area contributed by atoms with Crippen molar-refractivity contribution in [1.29, 1.82) is 0 Å². The molecule has 0 unspecified atom stereocenters. The quantitative estimate of drug-likeness (QED) is 0.733. The Morgan fingerprint density at radius 3 is 2.92 bits per heavy atom. The molecule has 1 aromatic rings. The molecule has 0 saturated heterocycles. The lowest BCUT2D eigenvalue weighted by Gasteiger charge is -2.06. The van der Waals surface area contributed by atoms with Gasteiger partial charge in [0.25, 0.3) is 0 Å². The number of thiazole rings is 1. The normalized spacial score (nSPS) is 16.8. The molecule has 1 saturated carbocycles. The van der Waals surface area contributed by atoms with Crippen molar-refractivity contribution in [1.82, 2.24) is 9.88 Å². The van der Waals surface area contributed by atoms with Gasteiger partial charge in [-0.15, -0.1) is 11.3 Å². The zero-order valence-corrected chi connectivity index (χ0v) is 9.10. The molecule has 1 aliphatic carbocycles. The van der Waals surface area contributed by atoms with Gasteiger partial charge in [0, 0.05) is 24.3 Å². The third kappa shape index (κ3) is 2.51. The number of hydrogen-bond donors (Lipinski definition) is 0. The van der Waals surface area contributed by atoms with Crippen molar-refractivity contribution in [2.24, 2.45) is 0 Å². The van der Waals surface area contributed by atoms with Gasteiger partial charge in [-0.25, -0.2) is 4.98 Å². The molecule has 0 radical (unpaired) electrons. The van der Waals surface area contributed by atoms with Crippen molar-refractivity contribution in [3.63, 3.8) is 0 Å². The molecule has 0 bridgehead atoms. The smallest absolute Gasteiger partial charge is 0.0941 e. The highest BCUT2D eigenvalue weighted by Gasteiger charge is 2.25. The van der Waals surface area contributed by atoms with Gasteiger partial charge in [-0.2, -0.15) is 0 Å². The van der Waals surface area contributed by atoms with Crippen LogP contribution in [0.25, 0.3) is 0 Å². The summed E-state index contributed by atoms with van der Waals surface area (Å²) in [6.45, 7) is 1.11. The summed E-state index contributed by atoms with van der Waals surface area (Å²) in [5.41, 5.74) is 1.35. The monoisotopic (exact) mass is 196 g/mol. The molecule has 0 aromatic carbocycles. The van der Waals surface area contributed by atoms with E-state index < -0.39 is 0 Å². The van der Waals surface area contributed by atoms with Crippen molar-refractivity contribution >= 4 is 11.3 Å². The molecule has 13 heavy (non-hydrogen) atoms. The second kappa shape index (κ2) is 3.76. The van der Waals surface area contributed by atoms with Crippen molar-refractivity contribution < 1.29 is 0 Å². The van der Waals surface area contributed by atoms with Gasteiger partial charge in [0.05, 0.1) is 10.7 Å². The molecule has 2 nitrogen and oxygen atoms in total. The summed E-state index contributed by atoms with van der Waals surface area (Å²) in [5, 5.41) is 3.54. The van der Waals surface area contributed by atoms with Gasteiger partial charge in [-0.1, -0.05) is 0 Å². The summed E-state index contributed by atoms with van der Waals surface area (Å²) in [5.74, 6) is 0.810. The van der Waals surface area contributed by atoms with Crippen molar-refractivity contribution in [3.05, 3.63) is 16.1 Å². The van der Waals surface area contributed by atoms with Crippen LogP contribution in [0.15, 0.2) is 5.38 Å².